The maximum Gasteiger partial charge on any atom is 0.328 e. The van der Waals surface area contributed by atoms with Crippen LogP contribution in [0.1, 0.15) is 13.8 Å². The number of hydrogen-bond acceptors (Lipinski definition) is 5. The van der Waals surface area contributed by atoms with Gasteiger partial charge in [0.15, 0.2) is 0 Å². The van der Waals surface area contributed by atoms with Crippen LogP contribution in [0.2, 0.25) is 0 Å². The lowest BCUT2D eigenvalue weighted by molar-refractivity contribution is -0.143. The van der Waals surface area contributed by atoms with Crippen LogP contribution in [0.5, 0.6) is 0 Å². The summed E-state index contributed by atoms with van der Waals surface area (Å²) in [5.74, 6) is 0.115. The molecule has 15 heavy (non-hydrogen) atoms. The number of nitrogens with two attached hydrogens (primary N) is 1. The molecular formula is C9H18N2O3S. The number of nitrogens with one attached hydrogen (secondary N) is 1. The molecule has 0 aromatic carbocycles. The fourth-order valence-corrected chi connectivity index (χ4v) is 1.46. The molecule has 0 aliphatic carbocycles. The summed E-state index contributed by atoms with van der Waals surface area (Å²) in [6, 6.07) is -0.590. The van der Waals surface area contributed by atoms with E-state index in [1.54, 1.807) is 0 Å². The van der Waals surface area contributed by atoms with E-state index < -0.39 is 12.0 Å². The van der Waals surface area contributed by atoms with Gasteiger partial charge in [0.1, 0.15) is 6.04 Å². The molecule has 0 aromatic rings. The first kappa shape index (κ1) is 14.2. The second-order valence-electron chi connectivity index (χ2n) is 3.31. The monoisotopic (exact) mass is 234 g/mol. The SMILES string of the molecule is COC(=O)C(NC(=O)SCCN)C(C)C. The number of rotatable bonds is 5. The Balaban J connectivity index is 4.17. The predicted octanol–water partition coefficient (Wildman–Crippen LogP) is 0.586. The summed E-state index contributed by atoms with van der Waals surface area (Å²) in [6.07, 6.45) is 0. The Kier molecular flexibility index (Phi) is 7.15. The maximum absolute atomic E-state index is 11.3. The third-order valence-electron chi connectivity index (χ3n) is 1.75. The van der Waals surface area contributed by atoms with Gasteiger partial charge in [-0.1, -0.05) is 25.6 Å². The van der Waals surface area contributed by atoms with Crippen LogP contribution >= 0.6 is 11.8 Å². The summed E-state index contributed by atoms with van der Waals surface area (Å²) >= 11 is 1.07. The standard InChI is InChI=1S/C9H18N2O3S/c1-6(2)7(8(12)14-3)11-9(13)15-5-4-10/h6-7H,4-5,10H2,1-3H3,(H,11,13). The number of esters is 1. The number of carbonyl (C=O) groups is 2. The average molecular weight is 234 g/mol. The van der Waals surface area contributed by atoms with Crippen molar-refractivity contribution in [2.45, 2.75) is 19.9 Å². The number of carbonyl (C=O) groups excluding carboxylic acids is 2. The van der Waals surface area contributed by atoms with Crippen molar-refractivity contribution >= 4 is 23.0 Å². The quantitative estimate of drug-likeness (QED) is 0.680. The normalized spacial score (nSPS) is 12.3. The van der Waals surface area contributed by atoms with Gasteiger partial charge in [-0.05, 0) is 5.92 Å². The van der Waals surface area contributed by atoms with E-state index in [9.17, 15) is 9.59 Å². The fourth-order valence-electron chi connectivity index (χ4n) is 0.945. The third-order valence-corrected chi connectivity index (χ3v) is 2.57. The first-order valence-corrected chi connectivity index (χ1v) is 5.72. The molecule has 1 amide bonds. The van der Waals surface area contributed by atoms with Gasteiger partial charge in [-0.25, -0.2) is 4.79 Å². The number of ether oxygens (including phenoxy) is 1. The van der Waals surface area contributed by atoms with Gasteiger partial charge in [-0.2, -0.15) is 0 Å². The summed E-state index contributed by atoms with van der Waals surface area (Å²) in [7, 11) is 1.30. The van der Waals surface area contributed by atoms with E-state index in [2.05, 4.69) is 10.1 Å². The van der Waals surface area contributed by atoms with Gasteiger partial charge in [0, 0.05) is 12.3 Å². The minimum Gasteiger partial charge on any atom is -0.467 e. The fraction of sp³-hybridized carbons (Fsp3) is 0.778. The minimum absolute atomic E-state index is 0.000114. The van der Waals surface area contributed by atoms with Crippen LogP contribution in [0.3, 0.4) is 0 Å². The molecule has 0 aromatic heterocycles. The summed E-state index contributed by atoms with van der Waals surface area (Å²) < 4.78 is 4.59. The van der Waals surface area contributed by atoms with Crippen molar-refractivity contribution in [2.75, 3.05) is 19.4 Å². The van der Waals surface area contributed by atoms with Gasteiger partial charge < -0.3 is 15.8 Å². The van der Waals surface area contributed by atoms with Crippen LogP contribution in [0.25, 0.3) is 0 Å². The molecule has 6 heteroatoms. The molecule has 0 fully saturated rings. The Labute approximate surface area is 94.1 Å². The van der Waals surface area contributed by atoms with Gasteiger partial charge >= 0.3 is 5.97 Å². The van der Waals surface area contributed by atoms with Crippen molar-refractivity contribution in [2.24, 2.45) is 11.7 Å². The highest BCUT2D eigenvalue weighted by Crippen LogP contribution is 2.07. The predicted molar refractivity (Wildman–Crippen MR) is 60.7 cm³/mol. The number of thioether (sulfide) groups is 1. The molecule has 0 radical (unpaired) electrons. The lowest BCUT2D eigenvalue weighted by atomic mass is 10.1. The lowest BCUT2D eigenvalue weighted by Crippen LogP contribution is -2.43. The van der Waals surface area contributed by atoms with E-state index >= 15 is 0 Å². The Morgan fingerprint density at radius 3 is 2.47 bits per heavy atom. The molecule has 0 aliphatic heterocycles. The topological polar surface area (TPSA) is 81.4 Å². The van der Waals surface area contributed by atoms with E-state index in [0.29, 0.717) is 12.3 Å². The highest BCUT2D eigenvalue weighted by molar-refractivity contribution is 8.13. The molecule has 5 nitrogen and oxygen atoms in total. The van der Waals surface area contributed by atoms with Crippen molar-refractivity contribution in [3.63, 3.8) is 0 Å². The Morgan fingerprint density at radius 1 is 1.47 bits per heavy atom. The molecule has 1 unspecified atom stereocenters. The van der Waals surface area contributed by atoms with E-state index in [-0.39, 0.29) is 11.2 Å². The van der Waals surface area contributed by atoms with E-state index in [1.807, 2.05) is 13.8 Å². The molecule has 1 atom stereocenters. The van der Waals surface area contributed by atoms with Crippen molar-refractivity contribution in [1.82, 2.24) is 5.32 Å². The van der Waals surface area contributed by atoms with Crippen LogP contribution in [0, 0.1) is 5.92 Å². The molecule has 0 heterocycles. The molecule has 0 aliphatic rings. The van der Waals surface area contributed by atoms with Crippen LogP contribution in [0.15, 0.2) is 0 Å². The second kappa shape index (κ2) is 7.53. The smallest absolute Gasteiger partial charge is 0.328 e. The summed E-state index contributed by atoms with van der Waals surface area (Å²) in [5, 5.41) is 2.35. The van der Waals surface area contributed by atoms with Crippen LogP contribution in [-0.4, -0.2) is 36.7 Å². The second-order valence-corrected chi connectivity index (χ2v) is 4.38. The molecule has 0 saturated heterocycles. The van der Waals surface area contributed by atoms with E-state index in [1.165, 1.54) is 7.11 Å². The lowest BCUT2D eigenvalue weighted by Gasteiger charge is -2.19. The van der Waals surface area contributed by atoms with Gasteiger partial charge in [0.25, 0.3) is 5.24 Å². The van der Waals surface area contributed by atoms with Crippen molar-refractivity contribution in [1.29, 1.82) is 0 Å². The van der Waals surface area contributed by atoms with E-state index in [0.717, 1.165) is 11.8 Å². The molecule has 0 bridgehead atoms. The van der Waals surface area contributed by atoms with Gasteiger partial charge in [0.2, 0.25) is 0 Å². The van der Waals surface area contributed by atoms with Crippen molar-refractivity contribution in [3.05, 3.63) is 0 Å². The molecule has 3 N–H and O–H groups in total. The van der Waals surface area contributed by atoms with E-state index in [4.69, 9.17) is 5.73 Å². The largest absolute Gasteiger partial charge is 0.467 e. The first-order valence-electron chi connectivity index (χ1n) is 4.74. The minimum atomic E-state index is -0.590. The Bertz CT molecular complexity index is 221. The molecule has 0 spiro atoms. The number of methoxy groups -OCH3 is 1. The Morgan fingerprint density at radius 2 is 2.07 bits per heavy atom. The number of hydrogen-bond donors (Lipinski definition) is 2. The van der Waals surface area contributed by atoms with Crippen molar-refractivity contribution in [3.8, 4) is 0 Å². The average Bonchev–Trinajstić information content (AvgIpc) is 2.21. The highest BCUT2D eigenvalue weighted by Gasteiger charge is 2.24. The van der Waals surface area contributed by atoms with Crippen LogP contribution < -0.4 is 11.1 Å². The van der Waals surface area contributed by atoms with Crippen LogP contribution in [0.4, 0.5) is 4.79 Å². The Hall–Kier alpha value is -0.750. The molecule has 0 rings (SSSR count). The molecule has 88 valence electrons. The number of amides is 1. The summed E-state index contributed by atoms with van der Waals surface area (Å²) in [5.41, 5.74) is 5.26. The zero-order valence-corrected chi connectivity index (χ0v) is 10.1. The van der Waals surface area contributed by atoms with Crippen LogP contribution in [-0.2, 0) is 9.53 Å². The zero-order valence-electron chi connectivity index (χ0n) is 9.28. The first-order chi connectivity index (χ1) is 7.02. The van der Waals surface area contributed by atoms with Gasteiger partial charge in [0.05, 0.1) is 7.11 Å². The highest BCUT2D eigenvalue weighted by atomic mass is 32.2. The van der Waals surface area contributed by atoms with Gasteiger partial charge in [-0.15, -0.1) is 0 Å². The molecule has 0 saturated carbocycles. The summed E-state index contributed by atoms with van der Waals surface area (Å²) in [4.78, 5) is 22.6. The van der Waals surface area contributed by atoms with Gasteiger partial charge in [-0.3, -0.25) is 4.79 Å². The maximum atomic E-state index is 11.3. The molecular weight excluding hydrogens is 216 g/mol. The summed E-state index contributed by atoms with van der Waals surface area (Å²) in [6.45, 7) is 4.12. The van der Waals surface area contributed by atoms with Crippen molar-refractivity contribution < 1.29 is 14.3 Å². The zero-order chi connectivity index (χ0) is 11.8. The third kappa shape index (κ3) is 5.64.